The minimum atomic E-state index is -0.734. The molecule has 3 unspecified atom stereocenters. The molecule has 236 valence electrons. The number of hydrogen-bond acceptors (Lipinski definition) is 5. The van der Waals surface area contributed by atoms with E-state index in [2.05, 4.69) is 125 Å². The zero-order valence-corrected chi connectivity index (χ0v) is 27.6. The van der Waals surface area contributed by atoms with Crippen LogP contribution < -0.4 is 15.8 Å². The summed E-state index contributed by atoms with van der Waals surface area (Å²) in [6, 6.07) is 43.2. The summed E-state index contributed by atoms with van der Waals surface area (Å²) in [5.41, 5.74) is 4.70. The Kier molecular flexibility index (Phi) is 6.86. The molecule has 0 saturated heterocycles. The number of anilines is 2. The van der Waals surface area contributed by atoms with Crippen LogP contribution in [0.2, 0.25) is 0 Å². The Morgan fingerprint density at radius 2 is 1.28 bits per heavy atom. The van der Waals surface area contributed by atoms with Crippen molar-refractivity contribution in [1.29, 1.82) is 0 Å². The Hall–Kier alpha value is -4.29. The van der Waals surface area contributed by atoms with Crippen molar-refractivity contribution in [2.24, 2.45) is 30.2 Å². The van der Waals surface area contributed by atoms with Gasteiger partial charge in [-0.3, -0.25) is 9.36 Å². The largest absolute Gasteiger partial charge is 0.357 e. The quantitative estimate of drug-likeness (QED) is 0.105. The molecule has 10 rings (SSSR count). The molecule has 5 nitrogen and oxygen atoms in total. The van der Waals surface area contributed by atoms with E-state index in [1.165, 1.54) is 54.4 Å². The highest BCUT2D eigenvalue weighted by molar-refractivity contribution is 7.98. The van der Waals surface area contributed by atoms with Gasteiger partial charge < -0.3 is 10.2 Å². The minimum Gasteiger partial charge on any atom is -0.357 e. The SMILES string of the molecule is Cn1c(SCc2ccccc2)nc2c(c1=O)NC(C13CC4CC(CC1C4)C3)N2C(c1ccccc1)(c1ccccc1)c1ccccc1. The second kappa shape index (κ2) is 11.2. The van der Waals surface area contributed by atoms with Gasteiger partial charge in [-0.1, -0.05) is 133 Å². The number of fused-ring (bicyclic) bond motifs is 1. The molecule has 0 radical (unpaired) electrons. The van der Waals surface area contributed by atoms with Crippen molar-refractivity contribution in [3.63, 3.8) is 0 Å². The molecule has 4 aromatic carbocycles. The van der Waals surface area contributed by atoms with Gasteiger partial charge in [0.25, 0.3) is 5.56 Å². The normalized spacial score (nSPS) is 25.6. The van der Waals surface area contributed by atoms with Crippen LogP contribution in [0.1, 0.15) is 54.4 Å². The number of benzene rings is 4. The average molecular weight is 637 g/mol. The monoisotopic (exact) mass is 636 g/mol. The predicted octanol–water partition coefficient (Wildman–Crippen LogP) is 8.45. The lowest BCUT2D eigenvalue weighted by atomic mass is 9.69. The topological polar surface area (TPSA) is 50.2 Å². The van der Waals surface area contributed by atoms with Crippen molar-refractivity contribution in [3.05, 3.63) is 154 Å². The van der Waals surface area contributed by atoms with E-state index in [9.17, 15) is 4.79 Å². The van der Waals surface area contributed by atoms with Gasteiger partial charge in [0.2, 0.25) is 0 Å². The molecule has 47 heavy (non-hydrogen) atoms. The summed E-state index contributed by atoms with van der Waals surface area (Å²) in [4.78, 5) is 22.6. The lowest BCUT2D eigenvalue weighted by Gasteiger charge is -2.52. The Labute approximate surface area is 281 Å². The van der Waals surface area contributed by atoms with Crippen LogP contribution in [0.15, 0.2) is 131 Å². The molecule has 6 heteroatoms. The van der Waals surface area contributed by atoms with Gasteiger partial charge in [-0.05, 0) is 72.1 Å². The fraction of sp³-hybridized carbons (Fsp3) is 0.317. The molecule has 0 amide bonds. The third-order valence-corrected chi connectivity index (χ3v) is 12.8. The predicted molar refractivity (Wildman–Crippen MR) is 191 cm³/mol. The summed E-state index contributed by atoms with van der Waals surface area (Å²) in [5.74, 6) is 3.70. The number of aromatic nitrogens is 2. The van der Waals surface area contributed by atoms with Gasteiger partial charge in [0.05, 0.1) is 0 Å². The third-order valence-electron chi connectivity index (χ3n) is 11.7. The van der Waals surface area contributed by atoms with E-state index in [4.69, 9.17) is 4.98 Å². The van der Waals surface area contributed by atoms with Crippen LogP contribution in [-0.4, -0.2) is 15.7 Å². The first-order valence-electron chi connectivity index (χ1n) is 17.1. The summed E-state index contributed by atoms with van der Waals surface area (Å²) in [6.45, 7) is 0. The molecule has 2 heterocycles. The number of thioether (sulfide) groups is 1. The van der Waals surface area contributed by atoms with Gasteiger partial charge in [-0.25, -0.2) is 4.98 Å². The minimum absolute atomic E-state index is 0.00440. The molecule has 1 N–H and O–H groups in total. The fourth-order valence-corrected chi connectivity index (χ4v) is 11.0. The zero-order chi connectivity index (χ0) is 31.6. The van der Waals surface area contributed by atoms with E-state index in [1.54, 1.807) is 16.3 Å². The molecular weight excluding hydrogens is 597 g/mol. The lowest BCUT2D eigenvalue weighted by Crippen LogP contribution is -2.59. The lowest BCUT2D eigenvalue weighted by molar-refractivity contribution is 0.157. The van der Waals surface area contributed by atoms with Crippen LogP contribution in [-0.2, 0) is 18.3 Å². The van der Waals surface area contributed by atoms with E-state index >= 15 is 0 Å². The highest BCUT2D eigenvalue weighted by Crippen LogP contribution is 2.69. The Morgan fingerprint density at radius 3 is 1.81 bits per heavy atom. The van der Waals surface area contributed by atoms with Crippen molar-refractivity contribution in [3.8, 4) is 0 Å². The summed E-state index contributed by atoms with van der Waals surface area (Å²) < 4.78 is 1.76. The van der Waals surface area contributed by atoms with E-state index in [1.807, 2.05) is 13.1 Å². The smallest absolute Gasteiger partial charge is 0.279 e. The van der Waals surface area contributed by atoms with E-state index in [-0.39, 0.29) is 17.1 Å². The Morgan fingerprint density at radius 1 is 0.766 bits per heavy atom. The standard InChI is InChI=1S/C41H40N4OS/c1-44-37(46)35-36(43-39(44)47-27-28-14-6-2-7-15-28)45(38(42-35)40-25-29-22-30(26-40)24-34(40)23-29)41(31-16-8-3-9-17-31,32-18-10-4-11-19-32)33-20-12-5-13-21-33/h2-21,29-30,34,38,42H,22-27H2,1H3. The molecule has 5 aromatic rings. The number of rotatable bonds is 8. The first kappa shape index (κ1) is 28.9. The van der Waals surface area contributed by atoms with Crippen LogP contribution >= 0.6 is 11.8 Å². The third kappa shape index (κ3) is 4.37. The molecular formula is C41H40N4OS. The van der Waals surface area contributed by atoms with Crippen LogP contribution in [0.5, 0.6) is 0 Å². The van der Waals surface area contributed by atoms with Gasteiger partial charge in [0, 0.05) is 18.2 Å². The fourth-order valence-electron chi connectivity index (χ4n) is 10.1. The highest BCUT2D eigenvalue weighted by Gasteiger charge is 2.66. The number of hydrogen-bond donors (Lipinski definition) is 1. The number of nitrogens with one attached hydrogen (secondary N) is 1. The first-order chi connectivity index (χ1) is 23.1. The van der Waals surface area contributed by atoms with Crippen molar-refractivity contribution in [2.45, 2.75) is 54.7 Å². The maximum atomic E-state index is 14.5. The van der Waals surface area contributed by atoms with Crippen molar-refractivity contribution in [1.82, 2.24) is 9.55 Å². The van der Waals surface area contributed by atoms with Gasteiger partial charge in [-0.15, -0.1) is 0 Å². The van der Waals surface area contributed by atoms with Crippen LogP contribution in [0, 0.1) is 23.2 Å². The van der Waals surface area contributed by atoms with Crippen LogP contribution in [0.4, 0.5) is 11.5 Å². The molecule has 1 aromatic heterocycles. The van der Waals surface area contributed by atoms with Crippen LogP contribution in [0.25, 0.3) is 0 Å². The van der Waals surface area contributed by atoms with E-state index < -0.39 is 5.54 Å². The summed E-state index contributed by atoms with van der Waals surface area (Å²) in [6.07, 6.45) is 6.31. The van der Waals surface area contributed by atoms with Crippen molar-refractivity contribution in [2.75, 3.05) is 10.2 Å². The maximum Gasteiger partial charge on any atom is 0.279 e. The zero-order valence-electron chi connectivity index (χ0n) is 26.8. The maximum absolute atomic E-state index is 14.5. The van der Waals surface area contributed by atoms with Crippen LogP contribution in [0.3, 0.4) is 0 Å². The average Bonchev–Trinajstić information content (AvgIpc) is 3.71. The number of nitrogens with zero attached hydrogens (tertiary/aromatic N) is 3. The van der Waals surface area contributed by atoms with Crippen molar-refractivity contribution < 1.29 is 0 Å². The van der Waals surface area contributed by atoms with Crippen molar-refractivity contribution >= 4 is 23.3 Å². The second-order valence-corrected chi connectivity index (χ2v) is 15.2. The Balaban J connectivity index is 1.32. The molecule has 5 aliphatic rings. The van der Waals surface area contributed by atoms with E-state index in [0.717, 1.165) is 28.6 Å². The summed E-state index contributed by atoms with van der Waals surface area (Å²) in [7, 11) is 1.88. The molecule has 4 aliphatic carbocycles. The second-order valence-electron chi connectivity index (χ2n) is 14.2. The first-order valence-corrected chi connectivity index (χ1v) is 18.1. The molecule has 4 bridgehead atoms. The molecule has 1 aliphatic heterocycles. The molecule has 0 spiro atoms. The summed E-state index contributed by atoms with van der Waals surface area (Å²) >= 11 is 1.64. The molecule has 4 fully saturated rings. The highest BCUT2D eigenvalue weighted by atomic mass is 32.2. The molecule has 4 saturated carbocycles. The van der Waals surface area contributed by atoms with Gasteiger partial charge in [0.15, 0.2) is 11.0 Å². The summed E-state index contributed by atoms with van der Waals surface area (Å²) in [5, 5.41) is 4.71. The van der Waals surface area contributed by atoms with E-state index in [0.29, 0.717) is 11.6 Å². The van der Waals surface area contributed by atoms with Gasteiger partial charge >= 0.3 is 0 Å². The molecule has 3 atom stereocenters. The Bertz CT molecular complexity index is 1850. The van der Waals surface area contributed by atoms with Gasteiger partial charge in [-0.2, -0.15) is 0 Å². The van der Waals surface area contributed by atoms with Gasteiger partial charge in [0.1, 0.15) is 17.4 Å².